The van der Waals surface area contributed by atoms with Gasteiger partial charge in [0.2, 0.25) is 0 Å². The minimum absolute atomic E-state index is 0.661. The molecule has 4 rings (SSSR count). The molecule has 6 nitrogen and oxygen atoms in total. The molecule has 1 aromatic carbocycles. The number of β-amino-alcohol motifs (C(OH)–C–C–N with tert-alkyl or cyclic N) is 1. The third-order valence-electron chi connectivity index (χ3n) is 5.50. The molecule has 1 saturated heterocycles. The summed E-state index contributed by atoms with van der Waals surface area (Å²) in [7, 11) is 0. The van der Waals surface area contributed by atoms with Gasteiger partial charge in [0.25, 0.3) is 0 Å². The van der Waals surface area contributed by atoms with E-state index in [4.69, 9.17) is 0 Å². The Hall–Kier alpha value is -2.44. The first-order chi connectivity index (χ1) is 12.5. The monoisotopic (exact) mass is 351 g/mol. The van der Waals surface area contributed by atoms with Crippen LogP contribution in [0.15, 0.2) is 43.0 Å². The number of hydrogen-bond acceptors (Lipinski definition) is 4. The van der Waals surface area contributed by atoms with Crippen LogP contribution in [-0.4, -0.2) is 42.6 Å². The number of aryl methyl sites for hydroxylation is 2. The highest BCUT2D eigenvalue weighted by atomic mass is 16.3. The Bertz CT molecular complexity index is 914. The molecule has 3 aromatic rings. The normalized spacial score (nSPS) is 20.8. The van der Waals surface area contributed by atoms with Gasteiger partial charge in [-0.3, -0.25) is 9.58 Å². The van der Waals surface area contributed by atoms with Gasteiger partial charge in [-0.2, -0.15) is 0 Å². The van der Waals surface area contributed by atoms with Gasteiger partial charge in [-0.25, -0.2) is 4.68 Å². The van der Waals surface area contributed by atoms with Crippen LogP contribution in [-0.2, 0) is 12.1 Å². The molecule has 1 unspecified atom stereocenters. The van der Waals surface area contributed by atoms with Crippen LogP contribution in [0.3, 0.4) is 0 Å². The second-order valence-corrected chi connectivity index (χ2v) is 7.36. The fourth-order valence-corrected chi connectivity index (χ4v) is 4.19. The number of likely N-dealkylation sites (tertiary alicyclic amines) is 1. The SMILES string of the molecule is Cc1ccccc1C1(O)CCN(Cc2cc(C)n(-n3cnnc3)c2C)C1. The van der Waals surface area contributed by atoms with Gasteiger partial charge in [0.05, 0.1) is 0 Å². The van der Waals surface area contributed by atoms with Crippen LogP contribution in [0, 0.1) is 20.8 Å². The van der Waals surface area contributed by atoms with Crippen molar-refractivity contribution < 1.29 is 5.11 Å². The molecule has 1 aliphatic heterocycles. The molecule has 6 heteroatoms. The zero-order valence-electron chi connectivity index (χ0n) is 15.6. The summed E-state index contributed by atoms with van der Waals surface area (Å²) in [6.45, 7) is 8.66. The molecule has 2 aromatic heterocycles. The number of benzene rings is 1. The van der Waals surface area contributed by atoms with Crippen LogP contribution in [0.25, 0.3) is 0 Å². The van der Waals surface area contributed by atoms with Gasteiger partial charge >= 0.3 is 0 Å². The van der Waals surface area contributed by atoms with Crippen molar-refractivity contribution >= 4 is 0 Å². The predicted molar refractivity (Wildman–Crippen MR) is 99.7 cm³/mol. The lowest BCUT2D eigenvalue weighted by Crippen LogP contribution is -2.31. The molecule has 3 heterocycles. The number of hydrogen-bond donors (Lipinski definition) is 1. The molecule has 0 aliphatic carbocycles. The summed E-state index contributed by atoms with van der Waals surface area (Å²) < 4.78 is 4.00. The topological polar surface area (TPSA) is 59.1 Å². The minimum Gasteiger partial charge on any atom is -0.384 e. The van der Waals surface area contributed by atoms with Crippen molar-refractivity contribution in [2.75, 3.05) is 13.1 Å². The summed E-state index contributed by atoms with van der Waals surface area (Å²) in [6, 6.07) is 10.4. The first kappa shape index (κ1) is 17.0. The average Bonchev–Trinajstić information content (AvgIpc) is 3.30. The average molecular weight is 351 g/mol. The third kappa shape index (κ3) is 2.85. The molecule has 0 spiro atoms. The van der Waals surface area contributed by atoms with Gasteiger partial charge in [-0.15, -0.1) is 10.2 Å². The number of rotatable bonds is 4. The Morgan fingerprint density at radius 3 is 2.58 bits per heavy atom. The molecule has 1 N–H and O–H groups in total. The summed E-state index contributed by atoms with van der Waals surface area (Å²) in [6.07, 6.45) is 4.18. The van der Waals surface area contributed by atoms with Gasteiger partial charge in [-0.1, -0.05) is 24.3 Å². The summed E-state index contributed by atoms with van der Waals surface area (Å²) in [4.78, 5) is 2.34. The van der Waals surface area contributed by atoms with Crippen LogP contribution in [0.4, 0.5) is 0 Å². The standard InChI is InChI=1S/C20H25N5O/c1-15-6-4-5-7-19(15)20(26)8-9-23(12-20)11-18-10-16(2)25(17(18)3)24-13-21-22-14-24/h4-7,10,13-14,26H,8-9,11-12H2,1-3H3. The molecule has 1 fully saturated rings. The van der Waals surface area contributed by atoms with E-state index in [9.17, 15) is 5.11 Å². The van der Waals surface area contributed by atoms with Gasteiger partial charge in [-0.05, 0) is 49.9 Å². The molecule has 136 valence electrons. The Labute approximate surface area is 153 Å². The lowest BCUT2D eigenvalue weighted by atomic mass is 9.89. The maximum atomic E-state index is 11.2. The van der Waals surface area contributed by atoms with E-state index in [1.165, 1.54) is 11.3 Å². The van der Waals surface area contributed by atoms with Crippen molar-refractivity contribution in [1.29, 1.82) is 0 Å². The van der Waals surface area contributed by atoms with Crippen LogP contribution in [0.5, 0.6) is 0 Å². The maximum Gasteiger partial charge on any atom is 0.139 e. The summed E-state index contributed by atoms with van der Waals surface area (Å²) in [5.74, 6) is 0. The summed E-state index contributed by atoms with van der Waals surface area (Å²) >= 11 is 0. The van der Waals surface area contributed by atoms with Gasteiger partial charge in [0, 0.05) is 31.0 Å². The third-order valence-corrected chi connectivity index (χ3v) is 5.50. The quantitative estimate of drug-likeness (QED) is 0.784. The molecular formula is C20H25N5O. The van der Waals surface area contributed by atoms with E-state index in [0.29, 0.717) is 6.54 Å². The summed E-state index contributed by atoms with van der Waals surface area (Å²) in [5.41, 5.74) is 5.04. The van der Waals surface area contributed by atoms with Crippen molar-refractivity contribution in [3.05, 3.63) is 71.1 Å². The molecule has 26 heavy (non-hydrogen) atoms. The van der Waals surface area contributed by atoms with E-state index in [1.807, 2.05) is 16.8 Å². The highest BCUT2D eigenvalue weighted by Gasteiger charge is 2.38. The lowest BCUT2D eigenvalue weighted by Gasteiger charge is -2.25. The van der Waals surface area contributed by atoms with Crippen molar-refractivity contribution in [3.8, 4) is 0 Å². The fourth-order valence-electron chi connectivity index (χ4n) is 4.19. The number of aromatic nitrogens is 4. The van der Waals surface area contributed by atoms with Crippen molar-refractivity contribution in [2.24, 2.45) is 0 Å². The molecule has 0 radical (unpaired) electrons. The van der Waals surface area contributed by atoms with Gasteiger partial charge < -0.3 is 5.11 Å². The largest absolute Gasteiger partial charge is 0.384 e. The second-order valence-electron chi connectivity index (χ2n) is 7.36. The van der Waals surface area contributed by atoms with E-state index < -0.39 is 5.60 Å². The highest BCUT2D eigenvalue weighted by molar-refractivity contribution is 5.33. The number of nitrogens with zero attached hydrogens (tertiary/aromatic N) is 5. The highest BCUT2D eigenvalue weighted by Crippen LogP contribution is 2.34. The van der Waals surface area contributed by atoms with Crippen molar-refractivity contribution in [2.45, 2.75) is 39.3 Å². The number of aliphatic hydroxyl groups is 1. The maximum absolute atomic E-state index is 11.2. The predicted octanol–water partition coefficient (Wildman–Crippen LogP) is 2.41. The van der Waals surface area contributed by atoms with Crippen molar-refractivity contribution in [1.82, 2.24) is 24.4 Å². The van der Waals surface area contributed by atoms with E-state index in [0.717, 1.165) is 36.3 Å². The van der Waals surface area contributed by atoms with Crippen LogP contribution >= 0.6 is 0 Å². The molecule has 1 atom stereocenters. The zero-order valence-corrected chi connectivity index (χ0v) is 15.6. The molecule has 1 aliphatic rings. The molecule has 0 saturated carbocycles. The Morgan fingerprint density at radius 2 is 1.85 bits per heavy atom. The van der Waals surface area contributed by atoms with E-state index in [1.54, 1.807) is 12.7 Å². The van der Waals surface area contributed by atoms with E-state index >= 15 is 0 Å². The minimum atomic E-state index is -0.759. The smallest absolute Gasteiger partial charge is 0.139 e. The fraction of sp³-hybridized carbons (Fsp3) is 0.400. The van der Waals surface area contributed by atoms with Crippen LogP contribution in [0.1, 0.15) is 34.5 Å². The molecule has 0 bridgehead atoms. The Morgan fingerprint density at radius 1 is 1.12 bits per heavy atom. The Kier molecular flexibility index (Phi) is 4.17. The Balaban J connectivity index is 1.55. The van der Waals surface area contributed by atoms with E-state index in [-0.39, 0.29) is 0 Å². The van der Waals surface area contributed by atoms with Gasteiger partial charge in [0.15, 0.2) is 0 Å². The van der Waals surface area contributed by atoms with Crippen LogP contribution in [0.2, 0.25) is 0 Å². The lowest BCUT2D eigenvalue weighted by molar-refractivity contribution is 0.0446. The zero-order chi connectivity index (χ0) is 18.3. The van der Waals surface area contributed by atoms with E-state index in [2.05, 4.69) is 58.7 Å². The summed E-state index contributed by atoms with van der Waals surface area (Å²) in [5, 5.41) is 19.0. The first-order valence-electron chi connectivity index (χ1n) is 9.02. The second kappa shape index (κ2) is 6.37. The van der Waals surface area contributed by atoms with Crippen molar-refractivity contribution in [3.63, 3.8) is 0 Å². The molecule has 0 amide bonds. The van der Waals surface area contributed by atoms with Crippen LogP contribution < -0.4 is 0 Å². The molecular weight excluding hydrogens is 326 g/mol. The van der Waals surface area contributed by atoms with Gasteiger partial charge in [0.1, 0.15) is 18.3 Å². The first-order valence-corrected chi connectivity index (χ1v) is 9.02.